The third-order valence-electron chi connectivity index (χ3n) is 3.92. The predicted octanol–water partition coefficient (Wildman–Crippen LogP) is 2.38. The highest BCUT2D eigenvalue weighted by atomic mass is 15.2. The molecule has 2 N–H and O–H groups in total. The zero-order valence-corrected chi connectivity index (χ0v) is 10.3. The Hall–Kier alpha value is -0.0800. The number of nitrogens with two attached hydrogens (primary N) is 1. The summed E-state index contributed by atoms with van der Waals surface area (Å²) in [5, 5.41) is 0. The van der Waals surface area contributed by atoms with Crippen molar-refractivity contribution >= 4 is 0 Å². The van der Waals surface area contributed by atoms with Crippen LogP contribution in [0.5, 0.6) is 0 Å². The van der Waals surface area contributed by atoms with Crippen molar-refractivity contribution in [1.82, 2.24) is 4.90 Å². The molecule has 0 amide bonds. The molecule has 0 atom stereocenters. The van der Waals surface area contributed by atoms with Crippen molar-refractivity contribution in [2.45, 2.75) is 64.0 Å². The SMILES string of the molecule is CC(C)CCN(CC1(N)CCC1)C1CC1. The zero-order chi connectivity index (χ0) is 10.9. The Morgan fingerprint density at radius 1 is 1.33 bits per heavy atom. The first-order valence-electron chi connectivity index (χ1n) is 6.62. The van der Waals surface area contributed by atoms with Crippen LogP contribution < -0.4 is 5.73 Å². The van der Waals surface area contributed by atoms with Crippen LogP contribution in [0.2, 0.25) is 0 Å². The third-order valence-corrected chi connectivity index (χ3v) is 3.92. The van der Waals surface area contributed by atoms with Crippen molar-refractivity contribution in [3.63, 3.8) is 0 Å². The van der Waals surface area contributed by atoms with Gasteiger partial charge in [-0.1, -0.05) is 13.8 Å². The van der Waals surface area contributed by atoms with Gasteiger partial charge in [0.2, 0.25) is 0 Å². The van der Waals surface area contributed by atoms with E-state index >= 15 is 0 Å². The van der Waals surface area contributed by atoms with Crippen LogP contribution in [0.3, 0.4) is 0 Å². The molecular formula is C13H26N2. The molecule has 0 bridgehead atoms. The molecule has 0 aromatic carbocycles. The number of nitrogens with zero attached hydrogens (tertiary/aromatic N) is 1. The Kier molecular flexibility index (Phi) is 3.36. The molecule has 2 aliphatic carbocycles. The van der Waals surface area contributed by atoms with Crippen LogP contribution in [0.4, 0.5) is 0 Å². The van der Waals surface area contributed by atoms with Crippen LogP contribution in [0.1, 0.15) is 52.4 Å². The molecule has 0 heterocycles. The second kappa shape index (κ2) is 4.42. The van der Waals surface area contributed by atoms with Crippen molar-refractivity contribution < 1.29 is 0 Å². The van der Waals surface area contributed by atoms with Gasteiger partial charge in [0.25, 0.3) is 0 Å². The Morgan fingerprint density at radius 3 is 2.40 bits per heavy atom. The van der Waals surface area contributed by atoms with Gasteiger partial charge in [0.05, 0.1) is 0 Å². The van der Waals surface area contributed by atoms with Crippen LogP contribution in [-0.2, 0) is 0 Å². The van der Waals surface area contributed by atoms with Gasteiger partial charge in [-0.05, 0) is 51.0 Å². The minimum Gasteiger partial charge on any atom is -0.324 e. The van der Waals surface area contributed by atoms with E-state index in [4.69, 9.17) is 5.73 Å². The lowest BCUT2D eigenvalue weighted by Crippen LogP contribution is -2.55. The van der Waals surface area contributed by atoms with Crippen LogP contribution in [-0.4, -0.2) is 29.6 Å². The summed E-state index contributed by atoms with van der Waals surface area (Å²) in [6.45, 7) is 7.05. The minimum atomic E-state index is 0.180. The highest BCUT2D eigenvalue weighted by molar-refractivity contribution is 4.98. The quantitative estimate of drug-likeness (QED) is 0.729. The first kappa shape index (κ1) is 11.4. The smallest absolute Gasteiger partial charge is 0.0283 e. The molecular weight excluding hydrogens is 184 g/mol. The highest BCUT2D eigenvalue weighted by Gasteiger charge is 2.38. The topological polar surface area (TPSA) is 29.3 Å². The maximum absolute atomic E-state index is 6.33. The predicted molar refractivity (Wildman–Crippen MR) is 64.8 cm³/mol. The molecule has 2 nitrogen and oxygen atoms in total. The molecule has 2 heteroatoms. The normalized spacial score (nSPS) is 24.6. The summed E-state index contributed by atoms with van der Waals surface area (Å²) in [7, 11) is 0. The van der Waals surface area contributed by atoms with Crippen LogP contribution in [0, 0.1) is 5.92 Å². The average molecular weight is 210 g/mol. The lowest BCUT2D eigenvalue weighted by molar-refractivity contribution is 0.134. The maximum atomic E-state index is 6.33. The van der Waals surface area contributed by atoms with Crippen molar-refractivity contribution in [2.75, 3.05) is 13.1 Å². The lowest BCUT2D eigenvalue weighted by Gasteiger charge is -2.42. The summed E-state index contributed by atoms with van der Waals surface area (Å²) in [4.78, 5) is 2.67. The fourth-order valence-corrected chi connectivity index (χ4v) is 2.45. The second-order valence-electron chi connectivity index (χ2n) is 6.10. The maximum Gasteiger partial charge on any atom is 0.0283 e. The summed E-state index contributed by atoms with van der Waals surface area (Å²) < 4.78 is 0. The first-order chi connectivity index (χ1) is 7.09. The van der Waals surface area contributed by atoms with E-state index in [2.05, 4.69) is 18.7 Å². The van der Waals surface area contributed by atoms with E-state index in [1.807, 2.05) is 0 Å². The van der Waals surface area contributed by atoms with Gasteiger partial charge >= 0.3 is 0 Å². The molecule has 0 spiro atoms. The number of hydrogen-bond donors (Lipinski definition) is 1. The molecule has 2 aliphatic rings. The average Bonchev–Trinajstić information content (AvgIpc) is 2.92. The monoisotopic (exact) mass is 210 g/mol. The Bertz CT molecular complexity index is 205. The highest BCUT2D eigenvalue weighted by Crippen LogP contribution is 2.34. The van der Waals surface area contributed by atoms with E-state index in [0.717, 1.165) is 18.5 Å². The molecule has 0 aliphatic heterocycles. The van der Waals surface area contributed by atoms with E-state index in [1.165, 1.54) is 45.1 Å². The van der Waals surface area contributed by atoms with Gasteiger partial charge in [0.1, 0.15) is 0 Å². The number of rotatable bonds is 6. The Morgan fingerprint density at radius 2 is 2.00 bits per heavy atom. The van der Waals surface area contributed by atoms with Crippen LogP contribution in [0.25, 0.3) is 0 Å². The van der Waals surface area contributed by atoms with Gasteiger partial charge < -0.3 is 5.73 Å². The molecule has 0 saturated heterocycles. The van der Waals surface area contributed by atoms with Gasteiger partial charge in [-0.15, -0.1) is 0 Å². The molecule has 0 radical (unpaired) electrons. The van der Waals surface area contributed by atoms with Crippen molar-refractivity contribution in [3.8, 4) is 0 Å². The van der Waals surface area contributed by atoms with E-state index in [-0.39, 0.29) is 5.54 Å². The van der Waals surface area contributed by atoms with Gasteiger partial charge in [0.15, 0.2) is 0 Å². The Balaban J connectivity index is 1.78. The van der Waals surface area contributed by atoms with Gasteiger partial charge in [-0.3, -0.25) is 4.90 Å². The molecule has 15 heavy (non-hydrogen) atoms. The van der Waals surface area contributed by atoms with Crippen molar-refractivity contribution in [3.05, 3.63) is 0 Å². The van der Waals surface area contributed by atoms with Crippen LogP contribution >= 0.6 is 0 Å². The van der Waals surface area contributed by atoms with Crippen molar-refractivity contribution in [1.29, 1.82) is 0 Å². The van der Waals surface area contributed by atoms with Gasteiger partial charge in [-0.25, -0.2) is 0 Å². The molecule has 2 fully saturated rings. The minimum absolute atomic E-state index is 0.180. The molecule has 0 aromatic rings. The molecule has 0 aromatic heterocycles. The summed E-state index contributed by atoms with van der Waals surface area (Å²) in [6, 6.07) is 0.879. The fourth-order valence-electron chi connectivity index (χ4n) is 2.45. The van der Waals surface area contributed by atoms with Crippen molar-refractivity contribution in [2.24, 2.45) is 11.7 Å². The molecule has 0 unspecified atom stereocenters. The zero-order valence-electron chi connectivity index (χ0n) is 10.3. The first-order valence-corrected chi connectivity index (χ1v) is 6.62. The standard InChI is InChI=1S/C13H26N2/c1-11(2)6-9-15(12-4-5-12)10-13(14)7-3-8-13/h11-12H,3-10,14H2,1-2H3. The summed E-state index contributed by atoms with van der Waals surface area (Å²) in [5.74, 6) is 0.821. The molecule has 2 saturated carbocycles. The lowest BCUT2D eigenvalue weighted by atomic mass is 9.77. The van der Waals surface area contributed by atoms with Gasteiger partial charge in [-0.2, -0.15) is 0 Å². The third kappa shape index (κ3) is 3.18. The van der Waals surface area contributed by atoms with E-state index in [9.17, 15) is 0 Å². The van der Waals surface area contributed by atoms with Gasteiger partial charge in [0, 0.05) is 18.1 Å². The largest absolute Gasteiger partial charge is 0.324 e. The summed E-state index contributed by atoms with van der Waals surface area (Å²) in [5.41, 5.74) is 6.51. The molecule has 88 valence electrons. The molecule has 2 rings (SSSR count). The van der Waals surface area contributed by atoms with E-state index in [0.29, 0.717) is 0 Å². The fraction of sp³-hybridized carbons (Fsp3) is 1.00. The van der Waals surface area contributed by atoms with E-state index in [1.54, 1.807) is 0 Å². The summed E-state index contributed by atoms with van der Waals surface area (Å²) in [6.07, 6.45) is 7.99. The number of hydrogen-bond acceptors (Lipinski definition) is 2. The summed E-state index contributed by atoms with van der Waals surface area (Å²) >= 11 is 0. The van der Waals surface area contributed by atoms with E-state index < -0.39 is 0 Å². The second-order valence-corrected chi connectivity index (χ2v) is 6.10. The van der Waals surface area contributed by atoms with Crippen LogP contribution in [0.15, 0.2) is 0 Å². The Labute approximate surface area is 94.2 Å².